The Bertz CT molecular complexity index is 1130. The highest BCUT2D eigenvalue weighted by Crippen LogP contribution is 2.30. The predicted molar refractivity (Wildman–Crippen MR) is 124 cm³/mol. The molecule has 0 radical (unpaired) electrons. The first-order valence-corrected chi connectivity index (χ1v) is 12.6. The first-order valence-electron chi connectivity index (χ1n) is 11.2. The molecule has 168 valence electrons. The van der Waals surface area contributed by atoms with Crippen molar-refractivity contribution < 1.29 is 13.2 Å². The first-order chi connectivity index (χ1) is 15.5. The second kappa shape index (κ2) is 9.72. The molecule has 0 spiro atoms. The molecule has 2 saturated heterocycles. The van der Waals surface area contributed by atoms with E-state index in [4.69, 9.17) is 5.26 Å². The summed E-state index contributed by atoms with van der Waals surface area (Å²) in [6, 6.07) is 13.7. The molecule has 2 fully saturated rings. The standard InChI is InChI=1S/C24H28N4O3S/c25-18-19-8-7-9-20(16-19)26-24(29)22-17-21(32(30,31)28-14-5-2-6-15-28)10-11-23(22)27-12-3-1-4-13-27/h7-11,16-17H,1-6,12-15H2,(H,26,29). The van der Waals surface area contributed by atoms with Gasteiger partial charge in [0.15, 0.2) is 0 Å². The van der Waals surface area contributed by atoms with Crippen LogP contribution in [0.1, 0.15) is 54.4 Å². The molecular formula is C24H28N4O3S. The number of nitrogens with one attached hydrogen (secondary N) is 1. The molecule has 0 bridgehead atoms. The molecule has 4 rings (SSSR count). The number of nitrogens with zero attached hydrogens (tertiary/aromatic N) is 3. The zero-order valence-electron chi connectivity index (χ0n) is 18.1. The van der Waals surface area contributed by atoms with Gasteiger partial charge in [-0.25, -0.2) is 8.42 Å². The molecule has 2 aromatic rings. The zero-order chi connectivity index (χ0) is 22.6. The number of carbonyl (C=O) groups excluding carboxylic acids is 1. The van der Waals surface area contributed by atoms with Gasteiger partial charge in [-0.05, 0) is 68.5 Å². The fourth-order valence-corrected chi connectivity index (χ4v) is 5.93. The molecule has 0 aromatic heterocycles. The molecule has 1 N–H and O–H groups in total. The molecule has 7 nitrogen and oxygen atoms in total. The molecule has 0 saturated carbocycles. The molecule has 2 heterocycles. The van der Waals surface area contributed by atoms with Gasteiger partial charge in [0, 0.05) is 37.6 Å². The van der Waals surface area contributed by atoms with Gasteiger partial charge in [0.2, 0.25) is 10.0 Å². The Morgan fingerprint density at radius 1 is 0.906 bits per heavy atom. The SMILES string of the molecule is N#Cc1cccc(NC(=O)c2cc(S(=O)(=O)N3CCCCC3)ccc2N2CCCCC2)c1. The lowest BCUT2D eigenvalue weighted by Gasteiger charge is -2.31. The van der Waals surface area contributed by atoms with Crippen molar-refractivity contribution >= 4 is 27.3 Å². The third kappa shape index (κ3) is 4.79. The maximum atomic E-state index is 13.3. The average Bonchev–Trinajstić information content (AvgIpc) is 2.85. The summed E-state index contributed by atoms with van der Waals surface area (Å²) < 4.78 is 28.0. The molecule has 0 aliphatic carbocycles. The minimum Gasteiger partial charge on any atom is -0.371 e. The van der Waals surface area contributed by atoms with Gasteiger partial charge < -0.3 is 10.2 Å². The highest BCUT2D eigenvalue weighted by atomic mass is 32.2. The number of rotatable bonds is 5. The minimum absolute atomic E-state index is 0.149. The number of benzene rings is 2. The fraction of sp³-hybridized carbons (Fsp3) is 0.417. The molecule has 0 unspecified atom stereocenters. The fourth-order valence-electron chi connectivity index (χ4n) is 4.39. The van der Waals surface area contributed by atoms with E-state index in [9.17, 15) is 13.2 Å². The van der Waals surface area contributed by atoms with E-state index in [1.54, 1.807) is 36.4 Å². The van der Waals surface area contributed by atoms with Crippen molar-refractivity contribution in [1.82, 2.24) is 4.31 Å². The van der Waals surface area contributed by atoms with Crippen LogP contribution in [-0.4, -0.2) is 44.8 Å². The Hall–Kier alpha value is -2.89. The molecule has 32 heavy (non-hydrogen) atoms. The number of amides is 1. The van der Waals surface area contributed by atoms with Crippen LogP contribution in [0.15, 0.2) is 47.4 Å². The van der Waals surface area contributed by atoms with E-state index in [1.807, 2.05) is 0 Å². The Kier molecular flexibility index (Phi) is 6.77. The Balaban J connectivity index is 1.70. The highest BCUT2D eigenvalue weighted by Gasteiger charge is 2.28. The molecular weight excluding hydrogens is 424 g/mol. The number of anilines is 2. The van der Waals surface area contributed by atoms with E-state index >= 15 is 0 Å². The largest absolute Gasteiger partial charge is 0.371 e. The van der Waals surface area contributed by atoms with Crippen LogP contribution in [0.2, 0.25) is 0 Å². The van der Waals surface area contributed by atoms with Gasteiger partial charge in [-0.1, -0.05) is 12.5 Å². The van der Waals surface area contributed by atoms with Crippen molar-refractivity contribution in [2.45, 2.75) is 43.4 Å². The van der Waals surface area contributed by atoms with Gasteiger partial charge in [0.05, 0.1) is 22.1 Å². The second-order valence-electron chi connectivity index (χ2n) is 8.34. The van der Waals surface area contributed by atoms with Crippen molar-refractivity contribution in [3.63, 3.8) is 0 Å². The van der Waals surface area contributed by atoms with Crippen LogP contribution in [0.5, 0.6) is 0 Å². The second-order valence-corrected chi connectivity index (χ2v) is 10.3. The smallest absolute Gasteiger partial charge is 0.257 e. The molecule has 0 atom stereocenters. The van der Waals surface area contributed by atoms with Crippen LogP contribution in [0.25, 0.3) is 0 Å². The number of hydrogen-bond donors (Lipinski definition) is 1. The summed E-state index contributed by atoms with van der Waals surface area (Å²) in [5.41, 5.74) is 2.03. The lowest BCUT2D eigenvalue weighted by molar-refractivity contribution is 0.102. The third-order valence-electron chi connectivity index (χ3n) is 6.11. The first kappa shape index (κ1) is 22.3. The molecule has 2 aliphatic heterocycles. The van der Waals surface area contributed by atoms with Crippen molar-refractivity contribution in [3.05, 3.63) is 53.6 Å². The molecule has 1 amide bonds. The summed E-state index contributed by atoms with van der Waals surface area (Å²) in [6.07, 6.45) is 5.98. The number of carbonyl (C=O) groups is 1. The lowest BCUT2D eigenvalue weighted by atomic mass is 10.1. The topological polar surface area (TPSA) is 93.5 Å². The maximum Gasteiger partial charge on any atom is 0.257 e. The molecule has 2 aliphatic rings. The predicted octanol–water partition coefficient (Wildman–Crippen LogP) is 3.98. The van der Waals surface area contributed by atoms with Gasteiger partial charge in [0.1, 0.15) is 0 Å². The maximum absolute atomic E-state index is 13.3. The molecule has 8 heteroatoms. The zero-order valence-corrected chi connectivity index (χ0v) is 18.9. The van der Waals surface area contributed by atoms with Gasteiger partial charge in [-0.3, -0.25) is 4.79 Å². The third-order valence-corrected chi connectivity index (χ3v) is 8.01. The number of sulfonamides is 1. The summed E-state index contributed by atoms with van der Waals surface area (Å²) in [6.45, 7) is 2.70. The van der Waals surface area contributed by atoms with Crippen LogP contribution < -0.4 is 10.2 Å². The van der Waals surface area contributed by atoms with E-state index in [0.29, 0.717) is 29.9 Å². The van der Waals surface area contributed by atoms with Crippen molar-refractivity contribution in [1.29, 1.82) is 5.26 Å². The number of piperidine rings is 2. The monoisotopic (exact) mass is 452 g/mol. The normalized spacial score (nSPS) is 17.5. The average molecular weight is 453 g/mol. The van der Waals surface area contributed by atoms with Crippen LogP contribution in [0.3, 0.4) is 0 Å². The van der Waals surface area contributed by atoms with Crippen LogP contribution in [-0.2, 0) is 10.0 Å². The molecule has 2 aromatic carbocycles. The summed E-state index contributed by atoms with van der Waals surface area (Å²) in [5.74, 6) is -0.378. The van der Waals surface area contributed by atoms with Crippen molar-refractivity contribution in [2.24, 2.45) is 0 Å². The Morgan fingerprint density at radius 3 is 2.28 bits per heavy atom. The lowest BCUT2D eigenvalue weighted by Crippen LogP contribution is -2.36. The summed E-state index contributed by atoms with van der Waals surface area (Å²) >= 11 is 0. The highest BCUT2D eigenvalue weighted by molar-refractivity contribution is 7.89. The van der Waals surface area contributed by atoms with E-state index in [1.165, 1.54) is 10.4 Å². The van der Waals surface area contributed by atoms with Gasteiger partial charge in [0.25, 0.3) is 5.91 Å². The number of hydrogen-bond acceptors (Lipinski definition) is 5. The Morgan fingerprint density at radius 2 is 1.59 bits per heavy atom. The van der Waals surface area contributed by atoms with E-state index in [-0.39, 0.29) is 10.8 Å². The quantitative estimate of drug-likeness (QED) is 0.741. The van der Waals surface area contributed by atoms with Gasteiger partial charge in [-0.15, -0.1) is 0 Å². The Labute approximate surface area is 189 Å². The van der Waals surface area contributed by atoms with Gasteiger partial charge in [-0.2, -0.15) is 9.57 Å². The van der Waals surface area contributed by atoms with Gasteiger partial charge >= 0.3 is 0 Å². The van der Waals surface area contributed by atoms with Crippen LogP contribution >= 0.6 is 0 Å². The van der Waals surface area contributed by atoms with Crippen LogP contribution in [0, 0.1) is 11.3 Å². The van der Waals surface area contributed by atoms with Crippen LogP contribution in [0.4, 0.5) is 11.4 Å². The summed E-state index contributed by atoms with van der Waals surface area (Å²) in [7, 11) is -3.66. The summed E-state index contributed by atoms with van der Waals surface area (Å²) in [5, 5.41) is 12.0. The van der Waals surface area contributed by atoms with E-state index in [2.05, 4.69) is 16.3 Å². The van der Waals surface area contributed by atoms with Crippen molar-refractivity contribution in [3.8, 4) is 6.07 Å². The van der Waals surface area contributed by atoms with E-state index < -0.39 is 10.0 Å². The minimum atomic E-state index is -3.66. The summed E-state index contributed by atoms with van der Waals surface area (Å²) in [4.78, 5) is 15.6. The van der Waals surface area contributed by atoms with Crippen molar-refractivity contribution in [2.75, 3.05) is 36.4 Å². The van der Waals surface area contributed by atoms with E-state index in [0.717, 1.165) is 57.3 Å². The number of nitriles is 1.